The molecule has 30 nitrogen and oxygen atoms in total. The molecule has 0 spiro atoms. The van der Waals surface area contributed by atoms with Crippen LogP contribution in [0.25, 0.3) is 0 Å². The third-order valence-corrected chi connectivity index (χ3v) is 27.2. The first-order valence-corrected chi connectivity index (χ1v) is 48.5. The van der Waals surface area contributed by atoms with E-state index in [9.17, 15) is 0 Å². The van der Waals surface area contributed by atoms with Crippen molar-refractivity contribution in [2.75, 3.05) is 68.8 Å². The molecule has 48 heteroatoms. The molecule has 6 saturated heterocycles. The fraction of sp³-hybridized carbons (Fsp3) is 0.250. The minimum Gasteiger partial charge on any atom is -0.445 e. The van der Waals surface area contributed by atoms with Crippen LogP contribution in [-0.2, 0) is 115 Å². The average molecular weight is 1920 g/mol. The first-order valence-electron chi connectivity index (χ1n) is 48.5. The van der Waals surface area contributed by atoms with E-state index in [2.05, 4.69) is 125 Å². The Bertz CT molecular complexity index is 5900. The van der Waals surface area contributed by atoms with Gasteiger partial charge in [-0.25, -0.2) is 0 Å². The van der Waals surface area contributed by atoms with Gasteiger partial charge in [-0.15, -0.1) is 0 Å². The van der Waals surface area contributed by atoms with E-state index >= 15 is 0 Å². The largest absolute Gasteiger partial charge is 0.469 e. The lowest BCUT2D eigenvalue weighted by Gasteiger charge is -2.35. The lowest BCUT2D eigenvalue weighted by molar-refractivity contribution is 0.306. The Kier molecular flexibility index (Phi) is 27.3. The summed E-state index contributed by atoms with van der Waals surface area (Å²) in [5.41, 5.74) is 103. The highest BCUT2D eigenvalue weighted by Crippen LogP contribution is 2.36. The Balaban J connectivity index is 0.736. The quantitative estimate of drug-likeness (QED) is 0.0774. The topological polar surface area (TPSA) is 478 Å². The molecule has 12 aromatic carbocycles. The van der Waals surface area contributed by atoms with Crippen molar-refractivity contribution in [1.29, 1.82) is 0 Å². The van der Waals surface area contributed by atoms with E-state index in [1.807, 2.05) is 146 Å². The number of nitrogens with two attached hydrogens (primary N) is 12. The Morgan fingerprint density at radius 2 is 0.215 bits per heavy atom. The van der Waals surface area contributed by atoms with Gasteiger partial charge in [0.1, 0.15) is 0 Å². The minimum absolute atomic E-state index is 0.235. The molecule has 24 N–H and O–H groups in total. The third-order valence-electron chi connectivity index (χ3n) is 27.2. The molecule has 0 amide bonds. The Morgan fingerprint density at radius 3 is 0.306 bits per heavy atom. The average Bonchev–Trinajstić information content (AvgIpc) is 0.756. The molecule has 720 valence electrons. The van der Waals surface area contributed by atoms with Gasteiger partial charge in [0.05, 0.1) is 0 Å². The van der Waals surface area contributed by atoms with Gasteiger partial charge >= 0.3 is 128 Å². The molecule has 16 aliphatic rings. The van der Waals surface area contributed by atoms with Crippen LogP contribution in [0.2, 0.25) is 0 Å². The van der Waals surface area contributed by atoms with Gasteiger partial charge in [0.2, 0.25) is 0 Å². The molecule has 0 radical (unpaired) electrons. The predicted molar refractivity (Wildman–Crippen MR) is 599 cm³/mol. The van der Waals surface area contributed by atoms with Crippen LogP contribution in [0.5, 0.6) is 0 Å². The van der Waals surface area contributed by atoms with Crippen LogP contribution < -0.4 is 167 Å². The molecular weight excluding hydrogens is 1800 g/mol. The van der Waals surface area contributed by atoms with Crippen molar-refractivity contribution in [2.45, 2.75) is 157 Å². The number of hydrogen-bond acceptors (Lipinski definition) is 30. The van der Waals surface area contributed by atoms with Crippen LogP contribution in [-0.4, -0.2) is 128 Å². The zero-order chi connectivity index (χ0) is 102. The van der Waals surface area contributed by atoms with Gasteiger partial charge in [-0.3, -0.25) is 0 Å². The highest BCUT2D eigenvalue weighted by Gasteiger charge is 2.54. The highest BCUT2D eigenvalue weighted by molar-refractivity contribution is 6.93. The summed E-state index contributed by atoms with van der Waals surface area (Å²) in [6, 6.07) is 66.5. The van der Waals surface area contributed by atoms with Crippen molar-refractivity contribution >= 4 is 295 Å². The molecular formula is C96H114B18N12O18. The first-order chi connectivity index (χ1) is 68.0. The molecule has 144 heavy (non-hydrogen) atoms. The van der Waals surface area contributed by atoms with E-state index < -0.39 is 128 Å². The van der Waals surface area contributed by atoms with E-state index in [0.29, 0.717) is 132 Å². The summed E-state index contributed by atoms with van der Waals surface area (Å²) in [5, 5.41) is 0. The summed E-state index contributed by atoms with van der Waals surface area (Å²) in [5.74, 6) is 0. The second-order valence-corrected chi connectivity index (χ2v) is 44.3. The summed E-state index contributed by atoms with van der Waals surface area (Å²) in [4.78, 5) is 0. The maximum atomic E-state index is 7.34. The van der Waals surface area contributed by atoms with Crippen LogP contribution in [0.4, 0.5) is 68.2 Å². The second kappa shape index (κ2) is 38.8. The summed E-state index contributed by atoms with van der Waals surface area (Å²) >= 11 is 0. The van der Waals surface area contributed by atoms with E-state index in [4.69, 9.17) is 151 Å². The van der Waals surface area contributed by atoms with Crippen LogP contribution in [0, 0.1) is 0 Å². The van der Waals surface area contributed by atoms with Gasteiger partial charge in [-0.2, -0.15) is 0 Å². The lowest BCUT2D eigenvalue weighted by Crippen LogP contribution is -2.63. The number of anilines is 12. The molecule has 0 unspecified atom stereocenters. The van der Waals surface area contributed by atoms with Crippen LogP contribution in [0.15, 0.2) is 218 Å². The van der Waals surface area contributed by atoms with Crippen LogP contribution in [0.3, 0.4) is 0 Å². The van der Waals surface area contributed by atoms with E-state index in [1.54, 1.807) is 72.8 Å². The first kappa shape index (κ1) is 101. The predicted octanol–water partition coefficient (Wildman–Crippen LogP) is 0.0678. The van der Waals surface area contributed by atoms with Crippen LogP contribution >= 0.6 is 0 Å². The van der Waals surface area contributed by atoms with E-state index in [0.717, 1.165) is 33.4 Å². The maximum absolute atomic E-state index is 7.34. The van der Waals surface area contributed by atoms with Crippen LogP contribution in [0.1, 0.15) is 158 Å². The molecule has 0 atom stereocenters. The van der Waals surface area contributed by atoms with Gasteiger partial charge in [0.25, 0.3) is 0 Å². The van der Waals surface area contributed by atoms with Crippen molar-refractivity contribution in [3.8, 4) is 0 Å². The highest BCUT2D eigenvalue weighted by atomic mass is 16.7. The van der Waals surface area contributed by atoms with Crippen molar-refractivity contribution < 1.29 is 82.3 Å². The Morgan fingerprint density at radius 1 is 0.125 bits per heavy atom. The number of rotatable bonds is 6. The molecule has 28 rings (SSSR count). The third kappa shape index (κ3) is 20.9. The second-order valence-electron chi connectivity index (χ2n) is 44.3. The van der Waals surface area contributed by atoms with Crippen molar-refractivity contribution in [3.05, 3.63) is 252 Å². The fourth-order valence-electron chi connectivity index (χ4n) is 19.6. The van der Waals surface area contributed by atoms with Crippen molar-refractivity contribution in [1.82, 2.24) is 0 Å². The summed E-state index contributed by atoms with van der Waals surface area (Å²) in [6.45, 7) is 37.7. The maximum Gasteiger partial charge on any atom is 0.469 e. The molecule has 0 saturated carbocycles. The molecule has 12 aromatic rings. The number of nitrogen functional groups attached to an aromatic ring is 12. The fourth-order valence-corrected chi connectivity index (χ4v) is 19.6. The Hall–Kier alpha value is -11.3. The molecule has 6 fully saturated rings. The zero-order valence-electron chi connectivity index (χ0n) is 84.5. The number of benzene rings is 12. The van der Waals surface area contributed by atoms with Gasteiger partial charge in [0.15, 0.2) is 0 Å². The molecule has 16 heterocycles. The van der Waals surface area contributed by atoms with Gasteiger partial charge < -0.3 is 151 Å². The molecule has 0 aliphatic carbocycles. The van der Waals surface area contributed by atoms with E-state index in [1.165, 1.54) is 0 Å². The summed E-state index contributed by atoms with van der Waals surface area (Å²) in [7, 11) is -21.0. The zero-order valence-corrected chi connectivity index (χ0v) is 84.5. The van der Waals surface area contributed by atoms with Gasteiger partial charge in [-0.05, 0) is 204 Å². The molecule has 24 bridgehead atoms. The monoisotopic (exact) mass is 1920 g/mol. The molecule has 16 aliphatic heterocycles. The normalized spacial score (nSPS) is 16.5. The Labute approximate surface area is 849 Å². The standard InChI is InChI=1S/C96H114B18N12O18/c1-91(2,3)67-31-19-55(43-79(67)115)97-127-103-61-25-38-74(86(122)49-61)110-134-99(57-21-33-69(81(117)45-57)93(7,8)9)129-105(141-110)63-27-40-76(88(124)51-63)112-136-101(59-23-35-71(83(119)47-59)95(13,14)15)131-107(143-112)65-29-42-78(90(126)53-65)114-138-102(60-24-36-72(84(120)48-60)96(16,17)18)132-108(144-114)66-30-41-77(89(125)54-66)113-137-100(58-22-34-70(82(118)46-58)94(10,11)12)130-106(142-113)64-28-39-75(87(123)52-64)111-135-98(56-20-32-68(80(116)44-56)92(4,5)6)128-104(140-111)62-26-37-73(85(121)50-62)109(133-97)139-103/h19-54H,115-126H2,1-18H3. The minimum atomic E-state index is -1.21. The number of hydrogen-bond donors (Lipinski definition) is 12. The molecule has 0 aromatic heterocycles. The van der Waals surface area contributed by atoms with Gasteiger partial charge in [0, 0.05) is 101 Å². The summed E-state index contributed by atoms with van der Waals surface area (Å²) in [6.07, 6.45) is 0. The van der Waals surface area contributed by atoms with Crippen molar-refractivity contribution in [2.24, 2.45) is 0 Å². The van der Waals surface area contributed by atoms with E-state index in [-0.39, 0.29) is 66.6 Å². The van der Waals surface area contributed by atoms with Gasteiger partial charge in [-0.1, -0.05) is 270 Å². The summed E-state index contributed by atoms with van der Waals surface area (Å²) < 4.78 is 124. The SMILES string of the molecule is CC(C)(C)c1ccc(B2OB3OB(O2)c2ccc(cc2N)B2OB(c4ccc(C(C)(C)C)c(N)c4)OB(O2)c2ccc(cc2N)B2OB(c4ccc(C(C)(C)C)c(N)c4)OB(O2)c2ccc(cc2N)B2OB(c4ccc(C(C)(C)C)c(N)c4)OB(O2)c2ccc(cc2N)B2OB(c4ccc(C(C)(C)C)c(N)c4)OB(O2)c2ccc(cc2N)B2OB(c4ccc(C(C)(C)C)c(N)c4)OB(O2)c2ccc3cc2N)cc1N. The smallest absolute Gasteiger partial charge is 0.445 e. The van der Waals surface area contributed by atoms with Crippen molar-refractivity contribution in [3.63, 3.8) is 0 Å². The lowest BCUT2D eigenvalue weighted by atomic mass is 9.58.